The Bertz CT molecular complexity index is 335. The summed E-state index contributed by atoms with van der Waals surface area (Å²) in [4.78, 5) is 0. The van der Waals surface area contributed by atoms with Gasteiger partial charge in [0.1, 0.15) is 5.82 Å². The third-order valence-corrected chi connectivity index (χ3v) is 1.61. The van der Waals surface area contributed by atoms with Crippen LogP contribution in [-0.2, 0) is 6.18 Å². The molecule has 0 fully saturated rings. The molecule has 0 radical (unpaired) electrons. The van der Waals surface area contributed by atoms with Crippen LogP contribution >= 0.6 is 0 Å². The maximum Gasteiger partial charge on any atom is 0.418 e. The zero-order valence-electron chi connectivity index (χ0n) is 7.14. The molecule has 0 aliphatic heterocycles. The highest BCUT2D eigenvalue weighted by Gasteiger charge is 2.34. The highest BCUT2D eigenvalue weighted by Crippen LogP contribution is 2.36. The zero-order valence-corrected chi connectivity index (χ0v) is 7.14. The van der Waals surface area contributed by atoms with Gasteiger partial charge in [-0.05, 0) is 18.2 Å². The van der Waals surface area contributed by atoms with Crippen LogP contribution in [0, 0.1) is 5.82 Å². The van der Waals surface area contributed by atoms with E-state index in [0.717, 1.165) is 19.2 Å². The molecule has 1 N–H and O–H groups in total. The Morgan fingerprint density at radius 2 is 1.86 bits per heavy atom. The summed E-state index contributed by atoms with van der Waals surface area (Å²) in [6.45, 7) is 0. The Labute approximate surface area is 77.3 Å². The molecule has 0 aromatic heterocycles. The van der Waals surface area contributed by atoms with Crippen LogP contribution in [0.15, 0.2) is 18.2 Å². The summed E-state index contributed by atoms with van der Waals surface area (Å²) in [6.07, 6.45) is -4.69. The second-order valence-corrected chi connectivity index (χ2v) is 2.68. The van der Waals surface area contributed by atoms with Gasteiger partial charge in [0.25, 0.3) is 0 Å². The minimum Gasteiger partial charge on any atom is -0.289 e. The van der Waals surface area contributed by atoms with E-state index in [1.807, 2.05) is 0 Å². The normalized spacial score (nSPS) is 11.6. The van der Waals surface area contributed by atoms with E-state index in [1.54, 1.807) is 0 Å². The van der Waals surface area contributed by atoms with Crippen LogP contribution in [0.1, 0.15) is 5.56 Å². The van der Waals surface area contributed by atoms with Gasteiger partial charge in [-0.2, -0.15) is 13.2 Å². The molecule has 1 aromatic carbocycles. The van der Waals surface area contributed by atoms with Crippen molar-refractivity contribution in [3.05, 3.63) is 29.6 Å². The molecule has 0 spiro atoms. The van der Waals surface area contributed by atoms with Crippen LogP contribution in [0.4, 0.5) is 23.2 Å². The van der Waals surface area contributed by atoms with E-state index in [4.69, 9.17) is 5.21 Å². The second kappa shape index (κ2) is 3.45. The molecule has 0 saturated carbocycles. The summed E-state index contributed by atoms with van der Waals surface area (Å²) in [7, 11) is 1.03. The molecule has 0 amide bonds. The van der Waals surface area contributed by atoms with Crippen LogP contribution in [0.5, 0.6) is 0 Å². The number of rotatable bonds is 1. The highest BCUT2D eigenvalue weighted by molar-refractivity contribution is 5.52. The van der Waals surface area contributed by atoms with Crippen molar-refractivity contribution in [2.45, 2.75) is 6.18 Å². The fourth-order valence-electron chi connectivity index (χ4n) is 1.02. The maximum atomic E-state index is 12.5. The molecule has 14 heavy (non-hydrogen) atoms. The number of halogens is 4. The van der Waals surface area contributed by atoms with Gasteiger partial charge in [0.05, 0.1) is 11.3 Å². The smallest absolute Gasteiger partial charge is 0.289 e. The van der Waals surface area contributed by atoms with Crippen molar-refractivity contribution in [3.8, 4) is 0 Å². The topological polar surface area (TPSA) is 23.5 Å². The van der Waals surface area contributed by atoms with Crippen LogP contribution in [0.3, 0.4) is 0 Å². The van der Waals surface area contributed by atoms with Crippen molar-refractivity contribution in [2.24, 2.45) is 0 Å². The van der Waals surface area contributed by atoms with Crippen molar-refractivity contribution in [1.82, 2.24) is 0 Å². The van der Waals surface area contributed by atoms with Gasteiger partial charge in [-0.15, -0.1) is 0 Å². The summed E-state index contributed by atoms with van der Waals surface area (Å²) in [6, 6.07) is 2.04. The van der Waals surface area contributed by atoms with E-state index in [9.17, 15) is 17.6 Å². The number of benzene rings is 1. The van der Waals surface area contributed by atoms with Crippen LogP contribution < -0.4 is 5.06 Å². The van der Waals surface area contributed by atoms with E-state index in [2.05, 4.69) is 0 Å². The fraction of sp³-hybridized carbons (Fsp3) is 0.250. The second-order valence-electron chi connectivity index (χ2n) is 2.68. The van der Waals surface area contributed by atoms with Crippen molar-refractivity contribution in [2.75, 3.05) is 12.1 Å². The Kier molecular flexibility index (Phi) is 2.66. The van der Waals surface area contributed by atoms with Crippen molar-refractivity contribution in [3.63, 3.8) is 0 Å². The Hall–Kier alpha value is -1.30. The van der Waals surface area contributed by atoms with Crippen molar-refractivity contribution < 1.29 is 22.8 Å². The Morgan fingerprint density at radius 3 is 2.29 bits per heavy atom. The standard InChI is InChI=1S/C8H7F4NO/c1-13(14)7-3-2-5(9)4-6(7)8(10,11)12/h2-4,14H,1H3. The number of anilines is 1. The highest BCUT2D eigenvalue weighted by atomic mass is 19.4. The summed E-state index contributed by atoms with van der Waals surface area (Å²) < 4.78 is 49.4. The van der Waals surface area contributed by atoms with Gasteiger partial charge in [-0.3, -0.25) is 10.3 Å². The Morgan fingerprint density at radius 1 is 1.29 bits per heavy atom. The van der Waals surface area contributed by atoms with E-state index >= 15 is 0 Å². The van der Waals surface area contributed by atoms with Crippen LogP contribution in [0.25, 0.3) is 0 Å². The van der Waals surface area contributed by atoms with Gasteiger partial charge in [0.2, 0.25) is 0 Å². The molecule has 0 bridgehead atoms. The molecule has 0 saturated heterocycles. The molecular weight excluding hydrogens is 202 g/mol. The Balaban J connectivity index is 3.30. The maximum absolute atomic E-state index is 12.5. The molecule has 78 valence electrons. The predicted molar refractivity (Wildman–Crippen MR) is 41.6 cm³/mol. The number of hydrogen-bond acceptors (Lipinski definition) is 2. The first-order chi connectivity index (χ1) is 6.32. The number of alkyl halides is 3. The lowest BCUT2D eigenvalue weighted by Gasteiger charge is -2.17. The van der Waals surface area contributed by atoms with Gasteiger partial charge in [0.15, 0.2) is 0 Å². The first-order valence-corrected chi connectivity index (χ1v) is 3.61. The molecule has 0 aliphatic carbocycles. The summed E-state index contributed by atoms with van der Waals surface area (Å²) in [5.74, 6) is -0.997. The molecule has 0 unspecified atom stereocenters. The molecule has 0 heterocycles. The largest absolute Gasteiger partial charge is 0.418 e. The lowest BCUT2D eigenvalue weighted by atomic mass is 10.1. The lowest BCUT2D eigenvalue weighted by Crippen LogP contribution is -2.17. The summed E-state index contributed by atoms with van der Waals surface area (Å²) in [5.41, 5.74) is -1.69. The molecular formula is C8H7F4NO. The molecule has 0 atom stereocenters. The number of nitrogens with zero attached hydrogens (tertiary/aromatic N) is 1. The van der Waals surface area contributed by atoms with E-state index in [0.29, 0.717) is 11.1 Å². The van der Waals surface area contributed by atoms with Gasteiger partial charge < -0.3 is 0 Å². The predicted octanol–water partition coefficient (Wildman–Crippen LogP) is 2.67. The molecule has 0 aliphatic rings. The van der Waals surface area contributed by atoms with Gasteiger partial charge in [0, 0.05) is 7.05 Å². The minimum atomic E-state index is -4.69. The number of hydroxylamine groups is 1. The van der Waals surface area contributed by atoms with E-state index < -0.39 is 23.2 Å². The number of hydrogen-bond donors (Lipinski definition) is 1. The van der Waals surface area contributed by atoms with Crippen molar-refractivity contribution in [1.29, 1.82) is 0 Å². The summed E-state index contributed by atoms with van der Waals surface area (Å²) in [5, 5.41) is 9.16. The van der Waals surface area contributed by atoms with E-state index in [1.165, 1.54) is 0 Å². The average Bonchev–Trinajstić information content (AvgIpc) is 2.01. The molecule has 1 aromatic rings. The third kappa shape index (κ3) is 2.14. The van der Waals surface area contributed by atoms with Crippen LogP contribution in [-0.4, -0.2) is 12.3 Å². The summed E-state index contributed by atoms with van der Waals surface area (Å²) >= 11 is 0. The van der Waals surface area contributed by atoms with Crippen LogP contribution in [0.2, 0.25) is 0 Å². The lowest BCUT2D eigenvalue weighted by molar-refractivity contribution is -0.137. The molecule has 2 nitrogen and oxygen atoms in total. The average molecular weight is 209 g/mol. The third-order valence-electron chi connectivity index (χ3n) is 1.61. The molecule has 6 heteroatoms. The van der Waals surface area contributed by atoms with Gasteiger partial charge >= 0.3 is 6.18 Å². The van der Waals surface area contributed by atoms with Gasteiger partial charge in [-0.1, -0.05) is 0 Å². The first kappa shape index (κ1) is 10.8. The minimum absolute atomic E-state index is 0.294. The zero-order chi connectivity index (χ0) is 10.9. The van der Waals surface area contributed by atoms with Crippen molar-refractivity contribution >= 4 is 5.69 Å². The fourth-order valence-corrected chi connectivity index (χ4v) is 1.02. The monoisotopic (exact) mass is 209 g/mol. The first-order valence-electron chi connectivity index (χ1n) is 3.61. The SMILES string of the molecule is CN(O)c1ccc(F)cc1C(F)(F)F. The quantitative estimate of drug-likeness (QED) is 0.567. The van der Waals surface area contributed by atoms with Gasteiger partial charge in [-0.25, -0.2) is 4.39 Å². The molecule has 1 rings (SSSR count). The van der Waals surface area contributed by atoms with E-state index in [-0.39, 0.29) is 0 Å².